The van der Waals surface area contributed by atoms with Gasteiger partial charge in [-0.2, -0.15) is 0 Å². The molecule has 0 spiro atoms. The lowest BCUT2D eigenvalue weighted by atomic mass is 11.0. The third-order valence-corrected chi connectivity index (χ3v) is 1.45. The van der Waals surface area contributed by atoms with E-state index in [1.807, 2.05) is 5.10 Å². The molecule has 0 atom stereocenters. The lowest BCUT2D eigenvalue weighted by molar-refractivity contribution is -1.000. The molecule has 0 rings (SSSR count). The van der Waals surface area contributed by atoms with Gasteiger partial charge < -0.3 is 0 Å². The van der Waals surface area contributed by atoms with Crippen molar-refractivity contribution in [3.05, 3.63) is 60.7 Å². The predicted molar refractivity (Wildman–Crippen MR) is 54.9 cm³/mol. The van der Waals surface area contributed by atoms with Crippen molar-refractivity contribution >= 4 is 5.96 Å². The van der Waals surface area contributed by atoms with Crippen molar-refractivity contribution < 1.29 is 30.2 Å². The highest BCUT2D eigenvalue weighted by Crippen LogP contribution is 2.07. The second kappa shape index (κ2) is 6.76. The first-order valence-corrected chi connectivity index (χ1v) is 4.26. The fourth-order valence-electron chi connectivity index (χ4n) is 0.855. The number of hydrazone groups is 1. The Balaban J connectivity index is 6.50. The van der Waals surface area contributed by atoms with Gasteiger partial charge in [0.1, 0.15) is 5.10 Å². The minimum Gasteiger partial charge on any atom is -0.233 e. The van der Waals surface area contributed by atoms with E-state index in [1.165, 1.54) is 0 Å². The summed E-state index contributed by atoms with van der Waals surface area (Å²) < 4.78 is 0. The van der Waals surface area contributed by atoms with E-state index >= 15 is 0 Å². The van der Waals surface area contributed by atoms with Gasteiger partial charge in [-0.25, -0.2) is 60.7 Å². The molecule has 0 saturated carbocycles. The third kappa shape index (κ3) is 4.22. The Labute approximate surface area is 119 Å². The molecule has 0 amide bonds. The Kier molecular flexibility index (Phi) is 5.43. The summed E-state index contributed by atoms with van der Waals surface area (Å²) >= 11 is 0. The summed E-state index contributed by atoms with van der Waals surface area (Å²) in [6.45, 7) is 0. The quantitative estimate of drug-likeness (QED) is 0.196. The van der Waals surface area contributed by atoms with E-state index in [1.54, 1.807) is 0 Å². The van der Waals surface area contributed by atoms with Crippen molar-refractivity contribution in [2.45, 2.75) is 0 Å². The van der Waals surface area contributed by atoms with Gasteiger partial charge in [0.15, 0.2) is 15.2 Å². The molecule has 0 heterocycles. The van der Waals surface area contributed by atoms with Crippen LogP contribution in [0.15, 0.2) is 5.10 Å². The topological polar surface area (TPSA) is 281 Å². The molecule has 0 aromatic rings. The van der Waals surface area contributed by atoms with Gasteiger partial charge in [0, 0.05) is 0 Å². The second-order valence-electron chi connectivity index (χ2n) is 2.67. The molecular weight excluding hydrogens is 344 g/mol. The monoisotopic (exact) mass is 344 g/mol. The zero-order chi connectivity index (χ0) is 18.5. The van der Waals surface area contributed by atoms with E-state index in [9.17, 15) is 60.7 Å². The van der Waals surface area contributed by atoms with E-state index in [-0.39, 0.29) is 0 Å². The van der Waals surface area contributed by atoms with E-state index in [4.69, 9.17) is 0 Å². The summed E-state index contributed by atoms with van der Waals surface area (Å²) in [6, 6.07) is 0. The highest BCUT2D eigenvalue weighted by Gasteiger charge is 2.60. The number of hydrogen-bond acceptors (Lipinski definition) is 12. The Morgan fingerprint density at radius 3 is 1.26 bits per heavy atom. The first-order chi connectivity index (χ1) is 10.4. The molecule has 126 valence electrons. The minimum absolute atomic E-state index is 1.59. The summed E-state index contributed by atoms with van der Waals surface area (Å²) in [5.41, 5.74) is 0. The molecule has 0 aromatic carbocycles. The number of rotatable bonds is 7. The van der Waals surface area contributed by atoms with E-state index in [0.29, 0.717) is 0 Å². The van der Waals surface area contributed by atoms with Crippen LogP contribution in [0.3, 0.4) is 0 Å². The molecule has 0 aliphatic carbocycles. The van der Waals surface area contributed by atoms with Gasteiger partial charge in [-0.3, -0.25) is 0 Å². The smallest absolute Gasteiger partial charge is 0.233 e. The van der Waals surface area contributed by atoms with Gasteiger partial charge in [-0.05, 0) is 0 Å². The van der Waals surface area contributed by atoms with Gasteiger partial charge >= 0.3 is 11.2 Å². The number of guanidine groups is 1. The van der Waals surface area contributed by atoms with Gasteiger partial charge in [0.2, 0.25) is 10.1 Å². The van der Waals surface area contributed by atoms with Crippen LogP contribution >= 0.6 is 0 Å². The molecule has 22 heteroatoms. The summed E-state index contributed by atoms with van der Waals surface area (Å²) in [7, 11) is 0. The maximum atomic E-state index is 10.6. The molecule has 0 radical (unpaired) electrons. The standard InChI is InChI=1S/CN10O12/c12-5(13)2-1(4(8(16)17)9(18)19)3(7(14)15)6(10(20)21)11(22)23/b2-1-. The highest BCUT2D eigenvalue weighted by molar-refractivity contribution is 5.75. The van der Waals surface area contributed by atoms with Gasteiger partial charge in [0.25, 0.3) is 15.2 Å². The van der Waals surface area contributed by atoms with Crippen LogP contribution in [0.4, 0.5) is 0 Å². The lowest BCUT2D eigenvalue weighted by Gasteiger charge is -2.10. The molecule has 22 nitrogen and oxygen atoms in total. The Morgan fingerprint density at radius 1 is 0.652 bits per heavy atom. The summed E-state index contributed by atoms with van der Waals surface area (Å²) in [4.78, 5) is 62.5. The number of hydrogen-bond donors (Lipinski definition) is 0. The van der Waals surface area contributed by atoms with Crippen LogP contribution in [0.1, 0.15) is 0 Å². The van der Waals surface area contributed by atoms with Crippen LogP contribution in [0.2, 0.25) is 0 Å². The zero-order valence-corrected chi connectivity index (χ0v) is 9.87. The molecular formula is CN10O12. The summed E-state index contributed by atoms with van der Waals surface area (Å²) in [5, 5.41) is 46.8. The van der Waals surface area contributed by atoms with E-state index in [0.717, 1.165) is 0 Å². The van der Waals surface area contributed by atoms with Crippen molar-refractivity contribution in [1.82, 2.24) is 15.5 Å². The molecule has 0 bridgehead atoms. The Hall–Kier alpha value is -4.53. The fraction of sp³-hybridized carbons (Fsp3) is 0. The van der Waals surface area contributed by atoms with Crippen molar-refractivity contribution in [1.29, 1.82) is 0 Å². The molecule has 0 aliphatic rings. The van der Waals surface area contributed by atoms with Crippen molar-refractivity contribution in [3.63, 3.8) is 0 Å². The number of hydrazine groups is 6. The van der Waals surface area contributed by atoms with Crippen LogP contribution in [-0.4, -0.2) is 51.6 Å². The minimum atomic E-state index is -2.58. The van der Waals surface area contributed by atoms with Crippen molar-refractivity contribution in [2.24, 2.45) is 5.10 Å². The fourth-order valence-corrected chi connectivity index (χ4v) is 0.855. The first-order valence-electron chi connectivity index (χ1n) is 4.26. The maximum Gasteiger partial charge on any atom is 0.505 e. The summed E-state index contributed by atoms with van der Waals surface area (Å²) in [6.07, 6.45) is 0. The zero-order valence-electron chi connectivity index (χ0n) is 9.87. The van der Waals surface area contributed by atoms with Crippen LogP contribution < -0.4 is 0 Å². The molecule has 0 aliphatic heterocycles. The Bertz CT molecular complexity index is 577. The Morgan fingerprint density at radius 2 is 1.04 bits per heavy atom. The average molecular weight is 344 g/mol. The number of nitrogens with zero attached hydrogens (tertiary/aromatic N) is 10. The summed E-state index contributed by atoms with van der Waals surface area (Å²) in [5.74, 6) is -2.58. The van der Waals surface area contributed by atoms with E-state index < -0.39 is 51.6 Å². The van der Waals surface area contributed by atoms with E-state index in [2.05, 4.69) is 0 Å². The molecule has 0 saturated heterocycles. The molecule has 0 unspecified atom stereocenters. The van der Waals surface area contributed by atoms with Gasteiger partial charge in [-0.1, -0.05) is 0 Å². The molecule has 0 N–H and O–H groups in total. The number of nitro groups is 6. The normalized spacial score (nSPS) is 10.3. The first kappa shape index (κ1) is 18.5. The van der Waals surface area contributed by atoms with Gasteiger partial charge in [0.05, 0.1) is 0 Å². The van der Waals surface area contributed by atoms with Crippen LogP contribution in [0, 0.1) is 60.7 Å². The lowest BCUT2D eigenvalue weighted by Crippen LogP contribution is -2.61. The molecule has 0 aromatic heterocycles. The van der Waals surface area contributed by atoms with Crippen LogP contribution in [-0.2, 0) is 0 Å². The highest BCUT2D eigenvalue weighted by atomic mass is 16.8. The predicted octanol–water partition coefficient (Wildman–Crippen LogP) is -2.69. The SMILES string of the molecule is O=[N+]([O-])/N=C(/N(N([N+](=O)[O-])[N+](=O)[O-])[N+](=O)[O-])N([N+](=O)[O-])[N+](=O)[O-]. The van der Waals surface area contributed by atoms with Crippen molar-refractivity contribution in [2.75, 3.05) is 0 Å². The van der Waals surface area contributed by atoms with Crippen molar-refractivity contribution in [3.8, 4) is 0 Å². The molecule has 0 fully saturated rings. The van der Waals surface area contributed by atoms with Gasteiger partial charge in [-0.15, -0.1) is 0 Å². The second-order valence-corrected chi connectivity index (χ2v) is 2.67. The average Bonchev–Trinajstić information content (AvgIpc) is 2.31. The third-order valence-electron chi connectivity index (χ3n) is 1.45. The molecule has 23 heavy (non-hydrogen) atoms. The maximum absolute atomic E-state index is 10.6. The van der Waals surface area contributed by atoms with Crippen LogP contribution in [0.25, 0.3) is 0 Å². The largest absolute Gasteiger partial charge is 0.505 e. The van der Waals surface area contributed by atoms with Crippen LogP contribution in [0.5, 0.6) is 0 Å².